The third-order valence-electron chi connectivity index (χ3n) is 4.57. The Morgan fingerprint density at radius 2 is 1.85 bits per heavy atom. The Labute approximate surface area is 162 Å². The topological polar surface area (TPSA) is 76.5 Å². The van der Waals surface area contributed by atoms with Gasteiger partial charge in [-0.3, -0.25) is 15.0 Å². The van der Waals surface area contributed by atoms with Gasteiger partial charge in [0.05, 0.1) is 10.7 Å². The second-order valence-corrected chi connectivity index (χ2v) is 6.96. The van der Waals surface area contributed by atoms with Crippen LogP contribution >= 0.6 is 11.6 Å². The number of hydrogen-bond acceptors (Lipinski definition) is 5. The fraction of sp³-hybridized carbons (Fsp3) is 0.143. The third-order valence-corrected chi connectivity index (χ3v) is 4.77. The van der Waals surface area contributed by atoms with Gasteiger partial charge in [0.15, 0.2) is 5.66 Å². The average molecular weight is 376 g/mol. The fourth-order valence-corrected chi connectivity index (χ4v) is 3.43. The van der Waals surface area contributed by atoms with E-state index >= 15 is 0 Å². The van der Waals surface area contributed by atoms with Crippen molar-refractivity contribution in [2.45, 2.75) is 19.0 Å². The summed E-state index contributed by atoms with van der Waals surface area (Å²) < 4.78 is 0. The largest absolute Gasteiger partial charge is 0.382 e. The maximum absolute atomic E-state index is 6.10. The minimum atomic E-state index is -0.792. The summed E-state index contributed by atoms with van der Waals surface area (Å²) in [5.41, 5.74) is 9.99. The Morgan fingerprint density at radius 1 is 0.963 bits per heavy atom. The number of halogens is 1. The van der Waals surface area contributed by atoms with E-state index < -0.39 is 5.66 Å². The molecule has 2 N–H and O–H groups in total. The van der Waals surface area contributed by atoms with Gasteiger partial charge in [0, 0.05) is 42.3 Å². The molecule has 0 saturated heterocycles. The molecule has 27 heavy (non-hydrogen) atoms. The van der Waals surface area contributed by atoms with Gasteiger partial charge >= 0.3 is 0 Å². The van der Waals surface area contributed by atoms with Gasteiger partial charge in [-0.1, -0.05) is 35.9 Å². The zero-order valence-electron chi connectivity index (χ0n) is 14.8. The van der Waals surface area contributed by atoms with Crippen molar-refractivity contribution in [2.24, 2.45) is 15.7 Å². The molecule has 0 fully saturated rings. The molecule has 5 nitrogen and oxygen atoms in total. The molecule has 0 radical (unpaired) electrons. The van der Waals surface area contributed by atoms with E-state index in [2.05, 4.69) is 16.0 Å². The van der Waals surface area contributed by atoms with Crippen molar-refractivity contribution in [1.29, 1.82) is 0 Å². The molecule has 6 heteroatoms. The SMILES string of the molecule is CC1=N[C@@](Cc2cccnc2)(c2cccc(-c3cncc(Cl)c3)c2)N=C1N. The molecule has 1 atom stereocenters. The van der Waals surface area contributed by atoms with E-state index in [0.29, 0.717) is 17.3 Å². The average Bonchev–Trinajstić information content (AvgIpc) is 2.97. The molecule has 2 aromatic heterocycles. The van der Waals surface area contributed by atoms with Crippen LogP contribution < -0.4 is 5.73 Å². The molecule has 0 unspecified atom stereocenters. The molecule has 3 aromatic rings. The molecule has 0 bridgehead atoms. The molecule has 134 valence electrons. The van der Waals surface area contributed by atoms with Crippen LogP contribution in [0.3, 0.4) is 0 Å². The van der Waals surface area contributed by atoms with Crippen molar-refractivity contribution in [3.8, 4) is 11.1 Å². The second kappa shape index (κ2) is 6.93. The number of aromatic nitrogens is 2. The van der Waals surface area contributed by atoms with E-state index in [1.165, 1.54) is 0 Å². The van der Waals surface area contributed by atoms with Gasteiger partial charge in [0.1, 0.15) is 5.84 Å². The van der Waals surface area contributed by atoms with Gasteiger partial charge in [0.2, 0.25) is 0 Å². The number of benzene rings is 1. The van der Waals surface area contributed by atoms with Gasteiger partial charge in [-0.2, -0.15) is 0 Å². The van der Waals surface area contributed by atoms with Gasteiger partial charge in [0.25, 0.3) is 0 Å². The summed E-state index contributed by atoms with van der Waals surface area (Å²) in [5.74, 6) is 0.466. The first-order valence-corrected chi connectivity index (χ1v) is 8.96. The lowest BCUT2D eigenvalue weighted by atomic mass is 9.91. The molecule has 0 amide bonds. The van der Waals surface area contributed by atoms with Gasteiger partial charge in [-0.15, -0.1) is 0 Å². The normalized spacial score (nSPS) is 18.9. The monoisotopic (exact) mass is 375 g/mol. The fourth-order valence-electron chi connectivity index (χ4n) is 3.25. The molecule has 1 aliphatic heterocycles. The summed E-state index contributed by atoms with van der Waals surface area (Å²) in [6.07, 6.45) is 7.58. The van der Waals surface area contributed by atoms with Crippen molar-refractivity contribution >= 4 is 23.1 Å². The first-order chi connectivity index (χ1) is 13.1. The molecule has 0 aliphatic carbocycles. The lowest BCUT2D eigenvalue weighted by Gasteiger charge is -2.24. The third kappa shape index (κ3) is 3.46. The first-order valence-electron chi connectivity index (χ1n) is 8.58. The quantitative estimate of drug-likeness (QED) is 0.748. The highest BCUT2D eigenvalue weighted by Gasteiger charge is 2.36. The summed E-state index contributed by atoms with van der Waals surface area (Å²) >= 11 is 6.10. The van der Waals surface area contributed by atoms with E-state index in [1.54, 1.807) is 18.6 Å². The number of rotatable bonds is 4. The Kier molecular flexibility index (Phi) is 4.46. The van der Waals surface area contributed by atoms with E-state index in [1.807, 2.05) is 49.5 Å². The van der Waals surface area contributed by atoms with Crippen LogP contribution in [0.15, 0.2) is 77.2 Å². The number of aliphatic imine (C=N–C) groups is 2. The van der Waals surface area contributed by atoms with E-state index in [0.717, 1.165) is 28.0 Å². The highest BCUT2D eigenvalue weighted by atomic mass is 35.5. The van der Waals surface area contributed by atoms with Gasteiger partial charge < -0.3 is 5.73 Å². The molecule has 1 aliphatic rings. The predicted molar refractivity (Wildman–Crippen MR) is 109 cm³/mol. The highest BCUT2D eigenvalue weighted by Crippen LogP contribution is 2.37. The van der Waals surface area contributed by atoms with Crippen molar-refractivity contribution in [1.82, 2.24) is 9.97 Å². The molecular weight excluding hydrogens is 358 g/mol. The second-order valence-electron chi connectivity index (χ2n) is 6.52. The summed E-state index contributed by atoms with van der Waals surface area (Å²) in [6.45, 7) is 1.88. The molecule has 0 saturated carbocycles. The molecule has 4 rings (SSSR count). The van der Waals surface area contributed by atoms with Crippen molar-refractivity contribution in [3.05, 3.63) is 83.4 Å². The summed E-state index contributed by atoms with van der Waals surface area (Å²) in [5, 5.41) is 0.597. The van der Waals surface area contributed by atoms with Crippen molar-refractivity contribution in [2.75, 3.05) is 0 Å². The molecule has 1 aromatic carbocycles. The number of pyridine rings is 2. The molecule has 3 heterocycles. The molecule has 0 spiro atoms. The number of nitrogens with zero attached hydrogens (tertiary/aromatic N) is 4. The zero-order chi connectivity index (χ0) is 18.9. The number of nitrogens with two attached hydrogens (primary N) is 1. The minimum Gasteiger partial charge on any atom is -0.382 e. The van der Waals surface area contributed by atoms with E-state index in [4.69, 9.17) is 27.3 Å². The molecular formula is C21H18ClN5. The zero-order valence-corrected chi connectivity index (χ0v) is 15.6. The first kappa shape index (κ1) is 17.4. The van der Waals surface area contributed by atoms with E-state index in [-0.39, 0.29) is 0 Å². The van der Waals surface area contributed by atoms with Crippen LogP contribution in [-0.2, 0) is 12.1 Å². The van der Waals surface area contributed by atoms with Crippen LogP contribution in [0.2, 0.25) is 5.02 Å². The Balaban J connectivity index is 1.81. The lowest BCUT2D eigenvalue weighted by Crippen LogP contribution is -2.23. The Morgan fingerprint density at radius 3 is 2.56 bits per heavy atom. The lowest BCUT2D eigenvalue weighted by molar-refractivity contribution is 0.479. The Bertz CT molecular complexity index is 1030. The Hall–Kier alpha value is -3.05. The maximum Gasteiger partial charge on any atom is 0.182 e. The van der Waals surface area contributed by atoms with Crippen LogP contribution in [-0.4, -0.2) is 21.5 Å². The van der Waals surface area contributed by atoms with Crippen LogP contribution in [0.5, 0.6) is 0 Å². The standard InChI is InChI=1S/C21H18ClN5/c1-14-20(23)27-21(26-14,10-15-4-3-7-24-11-15)18-6-2-5-16(8-18)17-9-19(22)13-25-12-17/h2-9,11-13H,10H2,1H3,(H2,23,27)/t21-/m1/s1. The minimum absolute atomic E-state index is 0.466. The van der Waals surface area contributed by atoms with Crippen LogP contribution in [0.1, 0.15) is 18.1 Å². The van der Waals surface area contributed by atoms with Crippen LogP contribution in [0.4, 0.5) is 0 Å². The smallest absolute Gasteiger partial charge is 0.182 e. The summed E-state index contributed by atoms with van der Waals surface area (Å²) in [4.78, 5) is 18.0. The summed E-state index contributed by atoms with van der Waals surface area (Å²) in [7, 11) is 0. The van der Waals surface area contributed by atoms with Gasteiger partial charge in [-0.05, 0) is 36.2 Å². The van der Waals surface area contributed by atoms with Crippen LogP contribution in [0.25, 0.3) is 11.1 Å². The van der Waals surface area contributed by atoms with Crippen LogP contribution in [0, 0.1) is 0 Å². The van der Waals surface area contributed by atoms with Gasteiger partial charge in [-0.25, -0.2) is 4.99 Å². The van der Waals surface area contributed by atoms with Crippen molar-refractivity contribution < 1.29 is 0 Å². The number of hydrogen-bond donors (Lipinski definition) is 1. The van der Waals surface area contributed by atoms with E-state index in [9.17, 15) is 0 Å². The number of amidine groups is 1. The summed E-state index contributed by atoms with van der Waals surface area (Å²) in [6, 6.07) is 13.9. The predicted octanol–water partition coefficient (Wildman–Crippen LogP) is 4.02. The van der Waals surface area contributed by atoms with Crippen molar-refractivity contribution in [3.63, 3.8) is 0 Å². The maximum atomic E-state index is 6.10. The highest BCUT2D eigenvalue weighted by molar-refractivity contribution is 6.41.